The van der Waals surface area contributed by atoms with E-state index >= 15 is 0 Å². The number of unbranched alkanes of at least 4 members (excludes halogenated alkanes) is 1. The van der Waals surface area contributed by atoms with Gasteiger partial charge in [0.25, 0.3) is 0 Å². The molecular formula is C14H16N2OS. The molecule has 3 nitrogen and oxygen atoms in total. The van der Waals surface area contributed by atoms with Gasteiger partial charge >= 0.3 is 0 Å². The van der Waals surface area contributed by atoms with E-state index in [1.54, 1.807) is 6.20 Å². The number of benzene rings is 1. The maximum Gasteiger partial charge on any atom is 0.128 e. The van der Waals surface area contributed by atoms with Crippen LogP contribution in [-0.4, -0.2) is 16.6 Å². The maximum absolute atomic E-state index is 5.78. The average Bonchev–Trinajstić information content (AvgIpc) is 2.38. The summed E-state index contributed by atoms with van der Waals surface area (Å²) < 4.78 is 5.78. The Morgan fingerprint density at radius 3 is 2.94 bits per heavy atom. The van der Waals surface area contributed by atoms with Gasteiger partial charge in [0.05, 0.1) is 17.1 Å². The van der Waals surface area contributed by atoms with Gasteiger partial charge in [-0.3, -0.25) is 4.98 Å². The summed E-state index contributed by atoms with van der Waals surface area (Å²) in [6, 6.07) is 9.85. The molecule has 0 saturated heterocycles. The van der Waals surface area contributed by atoms with Gasteiger partial charge in [0.1, 0.15) is 5.75 Å². The van der Waals surface area contributed by atoms with Crippen LogP contribution in [-0.2, 0) is 0 Å². The van der Waals surface area contributed by atoms with Gasteiger partial charge in [-0.15, -0.1) is 0 Å². The summed E-state index contributed by atoms with van der Waals surface area (Å²) in [5.74, 6) is 0.885. The quantitative estimate of drug-likeness (QED) is 0.640. The van der Waals surface area contributed by atoms with Crippen LogP contribution in [0.15, 0.2) is 36.5 Å². The molecule has 2 aromatic rings. The van der Waals surface area contributed by atoms with Crippen LogP contribution in [0.3, 0.4) is 0 Å². The number of fused-ring (bicyclic) bond motifs is 1. The average molecular weight is 260 g/mol. The van der Waals surface area contributed by atoms with Gasteiger partial charge in [0, 0.05) is 11.6 Å². The third-order valence-corrected chi connectivity index (χ3v) is 2.88. The third-order valence-electron chi connectivity index (χ3n) is 2.68. The van der Waals surface area contributed by atoms with Gasteiger partial charge < -0.3 is 10.5 Å². The summed E-state index contributed by atoms with van der Waals surface area (Å²) in [6.45, 7) is 0.677. The Hall–Kier alpha value is -1.68. The van der Waals surface area contributed by atoms with Gasteiger partial charge in [0.15, 0.2) is 0 Å². The van der Waals surface area contributed by atoms with E-state index in [4.69, 9.17) is 22.7 Å². The molecule has 18 heavy (non-hydrogen) atoms. The molecule has 0 saturated carbocycles. The molecule has 0 amide bonds. The number of rotatable bonds is 6. The zero-order valence-electron chi connectivity index (χ0n) is 10.1. The Morgan fingerprint density at radius 1 is 1.22 bits per heavy atom. The molecule has 0 aliphatic heterocycles. The first-order valence-corrected chi connectivity index (χ1v) is 6.43. The highest BCUT2D eigenvalue weighted by Crippen LogP contribution is 2.23. The number of hydrogen-bond acceptors (Lipinski definition) is 3. The first kappa shape index (κ1) is 12.8. The van der Waals surface area contributed by atoms with Crippen molar-refractivity contribution in [3.8, 4) is 5.75 Å². The first-order valence-electron chi connectivity index (χ1n) is 6.02. The summed E-state index contributed by atoms with van der Waals surface area (Å²) >= 11 is 4.83. The zero-order valence-corrected chi connectivity index (χ0v) is 11.0. The van der Waals surface area contributed by atoms with Crippen molar-refractivity contribution in [1.82, 2.24) is 4.98 Å². The van der Waals surface area contributed by atoms with Gasteiger partial charge in [0.2, 0.25) is 0 Å². The van der Waals surface area contributed by atoms with Crippen molar-refractivity contribution in [2.24, 2.45) is 5.73 Å². The topological polar surface area (TPSA) is 48.1 Å². The number of thiocarbonyl (C=S) groups is 1. The summed E-state index contributed by atoms with van der Waals surface area (Å²) in [5.41, 5.74) is 6.40. The lowest BCUT2D eigenvalue weighted by Gasteiger charge is -2.08. The Balaban J connectivity index is 1.93. The number of ether oxygens (including phenoxy) is 1. The first-order chi connectivity index (χ1) is 8.77. The minimum Gasteiger partial charge on any atom is -0.493 e. The second kappa shape index (κ2) is 6.31. The number of aromatic nitrogens is 1. The van der Waals surface area contributed by atoms with Gasteiger partial charge in [-0.05, 0) is 43.5 Å². The van der Waals surface area contributed by atoms with E-state index in [1.807, 2.05) is 30.3 Å². The van der Waals surface area contributed by atoms with Crippen molar-refractivity contribution < 1.29 is 4.74 Å². The highest BCUT2D eigenvalue weighted by molar-refractivity contribution is 7.80. The Morgan fingerprint density at radius 2 is 2.11 bits per heavy atom. The van der Waals surface area contributed by atoms with Gasteiger partial charge in [-0.25, -0.2) is 0 Å². The van der Waals surface area contributed by atoms with Gasteiger partial charge in [-0.1, -0.05) is 18.3 Å². The monoisotopic (exact) mass is 260 g/mol. The normalized spacial score (nSPS) is 10.4. The van der Waals surface area contributed by atoms with Crippen LogP contribution >= 0.6 is 12.2 Å². The summed E-state index contributed by atoms with van der Waals surface area (Å²) in [6.07, 6.45) is 4.50. The number of pyridine rings is 1. The molecule has 2 N–H and O–H groups in total. The lowest BCUT2D eigenvalue weighted by Crippen LogP contribution is -2.08. The SMILES string of the molecule is NC(=S)CCCCOc1cccc2ncccc12. The number of hydrogen-bond donors (Lipinski definition) is 1. The Kier molecular flexibility index (Phi) is 4.47. The fourth-order valence-electron chi connectivity index (χ4n) is 1.78. The highest BCUT2D eigenvalue weighted by atomic mass is 32.1. The molecule has 94 valence electrons. The maximum atomic E-state index is 5.78. The third kappa shape index (κ3) is 3.40. The summed E-state index contributed by atoms with van der Waals surface area (Å²) in [4.78, 5) is 4.87. The van der Waals surface area contributed by atoms with Crippen LogP contribution in [0.25, 0.3) is 10.9 Å². The second-order valence-corrected chi connectivity index (χ2v) is 4.62. The van der Waals surface area contributed by atoms with E-state index in [0.29, 0.717) is 11.6 Å². The van der Waals surface area contributed by atoms with Crippen molar-refractivity contribution in [3.05, 3.63) is 36.5 Å². The predicted octanol–water partition coefficient (Wildman–Crippen LogP) is 3.07. The Bertz CT molecular complexity index is 537. The number of nitrogens with two attached hydrogens (primary N) is 1. The Labute approximate surface area is 112 Å². The molecule has 4 heteroatoms. The molecule has 2 rings (SSSR count). The summed E-state index contributed by atoms with van der Waals surface area (Å²) in [5, 5.41) is 1.05. The van der Waals surface area contributed by atoms with Crippen LogP contribution in [0.4, 0.5) is 0 Å². The molecule has 0 aliphatic carbocycles. The van der Waals surface area contributed by atoms with E-state index in [1.165, 1.54) is 0 Å². The molecule has 0 aliphatic rings. The van der Waals surface area contributed by atoms with E-state index in [0.717, 1.165) is 35.9 Å². The number of nitrogens with zero attached hydrogens (tertiary/aromatic N) is 1. The lowest BCUT2D eigenvalue weighted by molar-refractivity contribution is 0.311. The standard InChI is InChI=1S/C14H16N2OS/c15-14(18)8-1-2-10-17-13-7-3-6-12-11(13)5-4-9-16-12/h3-7,9H,1-2,8,10H2,(H2,15,18). The minimum absolute atomic E-state index is 0.573. The van der Waals surface area contributed by atoms with Crippen LogP contribution in [0, 0.1) is 0 Å². The van der Waals surface area contributed by atoms with E-state index in [9.17, 15) is 0 Å². The predicted molar refractivity (Wildman–Crippen MR) is 77.9 cm³/mol. The van der Waals surface area contributed by atoms with E-state index in [-0.39, 0.29) is 0 Å². The van der Waals surface area contributed by atoms with Crippen molar-refractivity contribution in [3.63, 3.8) is 0 Å². The van der Waals surface area contributed by atoms with E-state index in [2.05, 4.69) is 4.98 Å². The van der Waals surface area contributed by atoms with Crippen LogP contribution < -0.4 is 10.5 Å². The van der Waals surface area contributed by atoms with Crippen molar-refractivity contribution in [1.29, 1.82) is 0 Å². The molecule has 0 unspecified atom stereocenters. The summed E-state index contributed by atoms with van der Waals surface area (Å²) in [7, 11) is 0. The molecule has 0 radical (unpaired) electrons. The molecule has 0 bridgehead atoms. The molecule has 1 heterocycles. The van der Waals surface area contributed by atoms with Gasteiger partial charge in [-0.2, -0.15) is 0 Å². The highest BCUT2D eigenvalue weighted by Gasteiger charge is 2.01. The van der Waals surface area contributed by atoms with Crippen molar-refractivity contribution in [2.75, 3.05) is 6.61 Å². The van der Waals surface area contributed by atoms with E-state index < -0.39 is 0 Å². The van der Waals surface area contributed by atoms with Crippen LogP contribution in [0.1, 0.15) is 19.3 Å². The zero-order chi connectivity index (χ0) is 12.8. The molecule has 0 fully saturated rings. The van der Waals surface area contributed by atoms with Crippen molar-refractivity contribution >= 4 is 28.1 Å². The smallest absolute Gasteiger partial charge is 0.128 e. The largest absolute Gasteiger partial charge is 0.493 e. The molecule has 0 atom stereocenters. The fraction of sp³-hybridized carbons (Fsp3) is 0.286. The second-order valence-electron chi connectivity index (χ2n) is 4.10. The van der Waals surface area contributed by atoms with Crippen LogP contribution in [0.2, 0.25) is 0 Å². The molecule has 1 aromatic carbocycles. The molecule has 1 aromatic heterocycles. The lowest BCUT2D eigenvalue weighted by atomic mass is 10.2. The molecule has 0 spiro atoms. The molecular weight excluding hydrogens is 244 g/mol. The van der Waals surface area contributed by atoms with Crippen molar-refractivity contribution in [2.45, 2.75) is 19.3 Å². The van der Waals surface area contributed by atoms with Crippen LogP contribution in [0.5, 0.6) is 5.75 Å². The minimum atomic E-state index is 0.573. The fourth-order valence-corrected chi connectivity index (χ4v) is 1.93.